The average Bonchev–Trinajstić information content (AvgIpc) is 3.11. The van der Waals surface area contributed by atoms with Gasteiger partial charge in [0.15, 0.2) is 0 Å². The molecule has 3 aromatic rings. The summed E-state index contributed by atoms with van der Waals surface area (Å²) in [5, 5.41) is 6.04. The Labute approximate surface area is 146 Å². The van der Waals surface area contributed by atoms with E-state index in [2.05, 4.69) is 26.0 Å². The van der Waals surface area contributed by atoms with Gasteiger partial charge in [0.2, 0.25) is 0 Å². The van der Waals surface area contributed by atoms with E-state index in [0.29, 0.717) is 5.92 Å². The van der Waals surface area contributed by atoms with E-state index in [1.807, 2.05) is 29.1 Å². The van der Waals surface area contributed by atoms with E-state index in [0.717, 1.165) is 42.1 Å². The molecule has 1 unspecified atom stereocenters. The Balaban J connectivity index is 1.50. The Kier molecular flexibility index (Phi) is 4.45. The van der Waals surface area contributed by atoms with Crippen LogP contribution in [-0.2, 0) is 13.1 Å². The Morgan fingerprint density at radius 1 is 1.25 bits per heavy atom. The fourth-order valence-corrected chi connectivity index (χ4v) is 3.82. The highest BCUT2D eigenvalue weighted by atomic mass is 35.5. The summed E-state index contributed by atoms with van der Waals surface area (Å²) in [7, 11) is 0. The Morgan fingerprint density at radius 2 is 2.21 bits per heavy atom. The summed E-state index contributed by atoms with van der Waals surface area (Å²) >= 11 is 6.31. The summed E-state index contributed by atoms with van der Waals surface area (Å²) in [5.74, 6) is 0.618. The first kappa shape index (κ1) is 15.5. The first-order chi connectivity index (χ1) is 11.8. The number of fused-ring (bicyclic) bond motifs is 1. The predicted molar refractivity (Wildman–Crippen MR) is 94.8 cm³/mol. The number of rotatable bonds is 4. The number of benzene rings is 1. The first-order valence-electron chi connectivity index (χ1n) is 8.36. The van der Waals surface area contributed by atoms with E-state index < -0.39 is 0 Å². The van der Waals surface area contributed by atoms with Crippen molar-refractivity contribution in [1.82, 2.24) is 24.6 Å². The fraction of sp³-hybridized carbons (Fsp3) is 0.389. The third-order valence-electron chi connectivity index (χ3n) is 4.71. The Hall–Kier alpha value is -1.98. The molecule has 0 bridgehead atoms. The van der Waals surface area contributed by atoms with Crippen LogP contribution in [0.1, 0.15) is 18.4 Å². The lowest BCUT2D eigenvalue weighted by atomic mass is 9.97. The smallest absolute Gasteiger partial charge is 0.137 e. The van der Waals surface area contributed by atoms with Gasteiger partial charge < -0.3 is 0 Å². The molecule has 4 rings (SSSR count). The van der Waals surface area contributed by atoms with Gasteiger partial charge in [-0.3, -0.25) is 14.6 Å². The minimum Gasteiger partial charge on any atom is -0.299 e. The van der Waals surface area contributed by atoms with E-state index in [9.17, 15) is 0 Å². The van der Waals surface area contributed by atoms with Gasteiger partial charge in [0.25, 0.3) is 0 Å². The molecule has 1 aliphatic rings. The van der Waals surface area contributed by atoms with Crippen molar-refractivity contribution >= 4 is 22.5 Å². The molecule has 2 aromatic heterocycles. The van der Waals surface area contributed by atoms with Gasteiger partial charge in [0.05, 0.1) is 5.52 Å². The fourth-order valence-electron chi connectivity index (χ4n) is 3.60. The number of aromatic nitrogens is 4. The van der Waals surface area contributed by atoms with Crippen molar-refractivity contribution in [1.29, 1.82) is 0 Å². The number of nitrogens with zero attached hydrogens (tertiary/aromatic N) is 5. The molecular formula is C18H20ClN5. The zero-order valence-corrected chi connectivity index (χ0v) is 14.2. The minimum absolute atomic E-state index is 0.618. The van der Waals surface area contributed by atoms with Gasteiger partial charge in [-0.15, -0.1) is 0 Å². The molecule has 24 heavy (non-hydrogen) atoms. The summed E-state index contributed by atoms with van der Waals surface area (Å²) in [5.41, 5.74) is 2.26. The van der Waals surface area contributed by atoms with E-state index in [4.69, 9.17) is 11.6 Å². The van der Waals surface area contributed by atoms with Gasteiger partial charge in [-0.25, -0.2) is 4.98 Å². The second kappa shape index (κ2) is 6.87. The van der Waals surface area contributed by atoms with Crippen LogP contribution in [0.25, 0.3) is 10.9 Å². The summed E-state index contributed by atoms with van der Waals surface area (Å²) < 4.78 is 1.94. The van der Waals surface area contributed by atoms with Crippen molar-refractivity contribution in [2.45, 2.75) is 25.9 Å². The summed E-state index contributed by atoms with van der Waals surface area (Å²) in [4.78, 5) is 11.1. The monoisotopic (exact) mass is 341 g/mol. The Bertz CT molecular complexity index is 817. The molecule has 1 aliphatic heterocycles. The van der Waals surface area contributed by atoms with Crippen molar-refractivity contribution < 1.29 is 0 Å². The van der Waals surface area contributed by atoms with E-state index >= 15 is 0 Å². The lowest BCUT2D eigenvalue weighted by Crippen LogP contribution is -2.36. The molecule has 3 heterocycles. The van der Waals surface area contributed by atoms with Crippen molar-refractivity contribution in [3.05, 3.63) is 53.7 Å². The van der Waals surface area contributed by atoms with Crippen LogP contribution in [0.5, 0.6) is 0 Å². The topological polar surface area (TPSA) is 46.8 Å². The SMILES string of the molecule is Clc1ccc(CN2CCCC(Cn3cncn3)C2)c2ncccc12. The van der Waals surface area contributed by atoms with Gasteiger partial charge in [-0.1, -0.05) is 17.7 Å². The van der Waals surface area contributed by atoms with Crippen LogP contribution in [0, 0.1) is 5.92 Å². The van der Waals surface area contributed by atoms with Gasteiger partial charge in [0, 0.05) is 36.2 Å². The van der Waals surface area contributed by atoms with Gasteiger partial charge in [-0.2, -0.15) is 5.10 Å². The second-order valence-corrected chi connectivity index (χ2v) is 6.87. The minimum atomic E-state index is 0.618. The lowest BCUT2D eigenvalue weighted by Gasteiger charge is -2.32. The molecule has 0 aliphatic carbocycles. The molecule has 1 saturated heterocycles. The highest BCUT2D eigenvalue weighted by Gasteiger charge is 2.21. The molecular weight excluding hydrogens is 322 g/mol. The molecule has 0 amide bonds. The van der Waals surface area contributed by atoms with Crippen LogP contribution in [-0.4, -0.2) is 37.7 Å². The third-order valence-corrected chi connectivity index (χ3v) is 5.04. The first-order valence-corrected chi connectivity index (χ1v) is 8.74. The largest absolute Gasteiger partial charge is 0.299 e. The van der Waals surface area contributed by atoms with E-state index in [1.54, 1.807) is 12.7 Å². The number of piperidine rings is 1. The van der Waals surface area contributed by atoms with Gasteiger partial charge >= 0.3 is 0 Å². The zero-order valence-electron chi connectivity index (χ0n) is 13.5. The predicted octanol–water partition coefficient (Wildman–Crippen LogP) is 3.39. The molecule has 0 saturated carbocycles. The summed E-state index contributed by atoms with van der Waals surface area (Å²) in [6.45, 7) is 4.07. The number of likely N-dealkylation sites (tertiary alicyclic amines) is 1. The molecule has 1 fully saturated rings. The van der Waals surface area contributed by atoms with Crippen LogP contribution >= 0.6 is 11.6 Å². The molecule has 1 aromatic carbocycles. The lowest BCUT2D eigenvalue weighted by molar-refractivity contribution is 0.153. The maximum Gasteiger partial charge on any atom is 0.137 e. The van der Waals surface area contributed by atoms with Gasteiger partial charge in [0.1, 0.15) is 12.7 Å². The van der Waals surface area contributed by atoms with Crippen molar-refractivity contribution in [3.8, 4) is 0 Å². The highest BCUT2D eigenvalue weighted by Crippen LogP contribution is 2.27. The number of hydrogen-bond donors (Lipinski definition) is 0. The number of halogens is 1. The van der Waals surface area contributed by atoms with Crippen LogP contribution in [0.4, 0.5) is 0 Å². The molecule has 6 heteroatoms. The third kappa shape index (κ3) is 3.28. The number of hydrogen-bond acceptors (Lipinski definition) is 4. The second-order valence-electron chi connectivity index (χ2n) is 6.47. The van der Waals surface area contributed by atoms with E-state index in [1.165, 1.54) is 18.4 Å². The normalized spacial score (nSPS) is 19.0. The molecule has 5 nitrogen and oxygen atoms in total. The maximum absolute atomic E-state index is 6.31. The highest BCUT2D eigenvalue weighted by molar-refractivity contribution is 6.35. The zero-order chi connectivity index (χ0) is 16.4. The molecule has 1 atom stereocenters. The molecule has 0 radical (unpaired) electrons. The van der Waals surface area contributed by atoms with Crippen molar-refractivity contribution in [2.75, 3.05) is 13.1 Å². The number of pyridine rings is 1. The molecule has 0 spiro atoms. The molecule has 124 valence electrons. The van der Waals surface area contributed by atoms with Crippen molar-refractivity contribution in [2.24, 2.45) is 5.92 Å². The maximum atomic E-state index is 6.31. The van der Waals surface area contributed by atoms with Crippen molar-refractivity contribution in [3.63, 3.8) is 0 Å². The van der Waals surface area contributed by atoms with Crippen LogP contribution in [0.2, 0.25) is 5.02 Å². The Morgan fingerprint density at radius 3 is 3.08 bits per heavy atom. The van der Waals surface area contributed by atoms with Crippen LogP contribution in [0.3, 0.4) is 0 Å². The van der Waals surface area contributed by atoms with E-state index in [-0.39, 0.29) is 0 Å². The van der Waals surface area contributed by atoms with Gasteiger partial charge in [-0.05, 0) is 49.1 Å². The molecule has 0 N–H and O–H groups in total. The van der Waals surface area contributed by atoms with Crippen LogP contribution in [0.15, 0.2) is 43.1 Å². The quantitative estimate of drug-likeness (QED) is 0.729. The summed E-state index contributed by atoms with van der Waals surface area (Å²) in [6.07, 6.45) is 7.71. The standard InChI is InChI=1S/C18H20ClN5/c19-17-6-5-15(18-16(17)4-1-7-21-18)11-23-8-2-3-14(9-23)10-24-13-20-12-22-24/h1,4-7,12-14H,2-3,8-11H2. The van der Waals surface area contributed by atoms with Crippen LogP contribution < -0.4 is 0 Å². The average molecular weight is 342 g/mol. The summed E-state index contributed by atoms with van der Waals surface area (Å²) in [6, 6.07) is 8.07.